The Morgan fingerprint density at radius 1 is 1.19 bits per heavy atom. The molecule has 0 bridgehead atoms. The summed E-state index contributed by atoms with van der Waals surface area (Å²) in [5.74, 6) is 1.45. The van der Waals surface area contributed by atoms with E-state index in [1.54, 1.807) is 38.5 Å². The summed E-state index contributed by atoms with van der Waals surface area (Å²) in [5, 5.41) is 13.0. The number of aromatic nitrogens is 2. The Bertz CT molecular complexity index is 1160. The summed E-state index contributed by atoms with van der Waals surface area (Å²) in [6, 6.07) is 10.0. The van der Waals surface area contributed by atoms with Crippen LogP contribution >= 0.6 is 0 Å². The van der Waals surface area contributed by atoms with Gasteiger partial charge in [-0.1, -0.05) is 0 Å². The molecule has 2 aromatic carbocycles. The second-order valence-corrected chi connectivity index (χ2v) is 7.36. The maximum absolute atomic E-state index is 14.5. The van der Waals surface area contributed by atoms with Gasteiger partial charge in [0.25, 0.3) is 0 Å². The molecule has 1 atom stereocenters. The molecule has 0 amide bonds. The molecule has 3 N–H and O–H groups in total. The summed E-state index contributed by atoms with van der Waals surface area (Å²) < 4.78 is 25.1. The Labute approximate surface area is 179 Å². The second-order valence-electron chi connectivity index (χ2n) is 7.36. The molecule has 0 spiro atoms. The van der Waals surface area contributed by atoms with Gasteiger partial charge in [0.05, 0.1) is 37.1 Å². The van der Waals surface area contributed by atoms with Crippen LogP contribution in [0.2, 0.25) is 0 Å². The van der Waals surface area contributed by atoms with E-state index in [0.717, 1.165) is 19.4 Å². The summed E-state index contributed by atoms with van der Waals surface area (Å²) in [5.41, 5.74) is 7.60. The number of hydrogen-bond acceptors (Lipinski definition) is 8. The van der Waals surface area contributed by atoms with Crippen molar-refractivity contribution in [2.24, 2.45) is 0 Å². The van der Waals surface area contributed by atoms with E-state index in [-0.39, 0.29) is 6.04 Å². The quantitative estimate of drug-likeness (QED) is 0.644. The third kappa shape index (κ3) is 4.10. The van der Waals surface area contributed by atoms with Crippen LogP contribution in [0.3, 0.4) is 0 Å². The average Bonchev–Trinajstić information content (AvgIpc) is 2.78. The Kier molecular flexibility index (Phi) is 5.62. The van der Waals surface area contributed by atoms with Gasteiger partial charge >= 0.3 is 0 Å². The van der Waals surface area contributed by atoms with Crippen LogP contribution in [0.25, 0.3) is 10.9 Å². The van der Waals surface area contributed by atoms with E-state index in [2.05, 4.69) is 15.3 Å². The monoisotopic (exact) mass is 422 g/mol. The number of nitrogens with two attached hydrogens (primary N) is 1. The fourth-order valence-electron chi connectivity index (χ4n) is 3.87. The number of nitrogens with zero attached hydrogens (tertiary/aromatic N) is 4. The number of rotatable bonds is 5. The van der Waals surface area contributed by atoms with Crippen molar-refractivity contribution in [2.45, 2.75) is 18.9 Å². The summed E-state index contributed by atoms with van der Waals surface area (Å²) in [4.78, 5) is 10.9. The van der Waals surface area contributed by atoms with Crippen molar-refractivity contribution in [2.75, 3.05) is 43.3 Å². The Morgan fingerprint density at radius 2 is 1.97 bits per heavy atom. The van der Waals surface area contributed by atoms with Gasteiger partial charge in [-0.2, -0.15) is 10.2 Å². The molecule has 31 heavy (non-hydrogen) atoms. The van der Waals surface area contributed by atoms with Crippen molar-refractivity contribution in [3.05, 3.63) is 41.7 Å². The van der Waals surface area contributed by atoms with Crippen molar-refractivity contribution < 1.29 is 13.9 Å². The number of methoxy groups -OCH3 is 2. The van der Waals surface area contributed by atoms with Crippen LogP contribution in [0.1, 0.15) is 18.4 Å². The van der Waals surface area contributed by atoms with Crippen LogP contribution in [0.15, 0.2) is 30.3 Å². The number of ether oxygens (including phenoxy) is 2. The van der Waals surface area contributed by atoms with E-state index in [4.69, 9.17) is 20.5 Å². The molecule has 1 aliphatic rings. The molecule has 0 radical (unpaired) electrons. The lowest BCUT2D eigenvalue weighted by Crippen LogP contribution is -2.42. The number of benzene rings is 2. The smallest absolute Gasteiger partial charge is 0.225 e. The lowest BCUT2D eigenvalue weighted by molar-refractivity contribution is 0.356. The molecule has 2 heterocycles. The van der Waals surface area contributed by atoms with Crippen molar-refractivity contribution >= 4 is 28.4 Å². The van der Waals surface area contributed by atoms with Crippen molar-refractivity contribution in [1.82, 2.24) is 9.97 Å². The lowest BCUT2D eigenvalue weighted by atomic mass is 10.0. The Hall–Kier alpha value is -3.80. The standard InChI is InChI=1S/C22H23FN6O2/c1-30-19-9-15-17(10-20(19)31-2)27-22(28-21(15)25)26-14-4-3-7-29(12-14)18-6-5-13(11-24)8-16(18)23/h5-6,8-10,14H,3-4,7,12H2,1-2H3,(H3,25,26,27,28). The third-order valence-electron chi connectivity index (χ3n) is 5.40. The zero-order valence-corrected chi connectivity index (χ0v) is 17.4. The SMILES string of the molecule is COc1cc2nc(NC3CCCN(c4ccc(C#N)cc4F)C3)nc(N)c2cc1OC. The number of fused-ring (bicyclic) bond motifs is 1. The highest BCUT2D eigenvalue weighted by Crippen LogP contribution is 2.34. The first-order valence-electron chi connectivity index (χ1n) is 9.92. The van der Waals surface area contributed by atoms with E-state index >= 15 is 0 Å². The summed E-state index contributed by atoms with van der Waals surface area (Å²) >= 11 is 0. The molecule has 9 heteroatoms. The second kappa shape index (κ2) is 8.52. The van der Waals surface area contributed by atoms with Crippen LogP contribution in [0.4, 0.5) is 21.8 Å². The van der Waals surface area contributed by atoms with Crippen LogP contribution in [0.5, 0.6) is 11.5 Å². The Balaban J connectivity index is 1.56. The molecule has 3 aromatic rings. The zero-order valence-electron chi connectivity index (χ0n) is 17.4. The van der Waals surface area contributed by atoms with Crippen LogP contribution in [0, 0.1) is 17.1 Å². The first-order valence-corrected chi connectivity index (χ1v) is 9.92. The van der Waals surface area contributed by atoms with Gasteiger partial charge in [0.2, 0.25) is 5.95 Å². The van der Waals surface area contributed by atoms with Gasteiger partial charge in [0, 0.05) is 30.6 Å². The first kappa shape index (κ1) is 20.5. The highest BCUT2D eigenvalue weighted by Gasteiger charge is 2.23. The predicted molar refractivity (Wildman–Crippen MR) is 117 cm³/mol. The molecule has 1 aliphatic heterocycles. The number of piperidine rings is 1. The minimum Gasteiger partial charge on any atom is -0.493 e. The predicted octanol–water partition coefficient (Wildman–Crippen LogP) is 3.32. The van der Waals surface area contributed by atoms with Gasteiger partial charge < -0.3 is 25.4 Å². The van der Waals surface area contributed by atoms with Gasteiger partial charge in [-0.3, -0.25) is 0 Å². The molecule has 4 rings (SSSR count). The lowest BCUT2D eigenvalue weighted by Gasteiger charge is -2.35. The fourth-order valence-corrected chi connectivity index (χ4v) is 3.87. The van der Waals surface area contributed by atoms with E-state index in [0.29, 0.717) is 52.0 Å². The first-order chi connectivity index (χ1) is 15.0. The summed E-state index contributed by atoms with van der Waals surface area (Å²) in [6.45, 7) is 1.31. The van der Waals surface area contributed by atoms with Crippen LogP contribution < -0.4 is 25.4 Å². The van der Waals surface area contributed by atoms with Gasteiger partial charge in [-0.25, -0.2) is 9.37 Å². The number of nitriles is 1. The van der Waals surface area contributed by atoms with Gasteiger partial charge in [-0.05, 0) is 37.1 Å². The van der Waals surface area contributed by atoms with Crippen LogP contribution in [-0.4, -0.2) is 43.3 Å². The number of anilines is 3. The minimum atomic E-state index is -0.396. The molecule has 0 aliphatic carbocycles. The highest BCUT2D eigenvalue weighted by molar-refractivity contribution is 5.91. The number of nitrogens with one attached hydrogen (secondary N) is 1. The molecule has 8 nitrogen and oxygen atoms in total. The van der Waals surface area contributed by atoms with E-state index in [9.17, 15) is 4.39 Å². The number of nitrogen functional groups attached to an aromatic ring is 1. The topological polar surface area (TPSA) is 109 Å². The summed E-state index contributed by atoms with van der Waals surface area (Å²) in [6.07, 6.45) is 1.77. The molecule has 1 unspecified atom stereocenters. The van der Waals surface area contributed by atoms with Crippen molar-refractivity contribution in [3.63, 3.8) is 0 Å². The average molecular weight is 422 g/mol. The zero-order chi connectivity index (χ0) is 22.0. The molecule has 1 fully saturated rings. The fraction of sp³-hybridized carbons (Fsp3) is 0.318. The van der Waals surface area contributed by atoms with E-state index in [1.807, 2.05) is 11.0 Å². The maximum Gasteiger partial charge on any atom is 0.225 e. The van der Waals surface area contributed by atoms with Crippen molar-refractivity contribution in [1.29, 1.82) is 5.26 Å². The van der Waals surface area contributed by atoms with Gasteiger partial charge in [0.1, 0.15) is 11.6 Å². The molecule has 1 aromatic heterocycles. The molecule has 1 saturated heterocycles. The summed E-state index contributed by atoms with van der Waals surface area (Å²) in [7, 11) is 3.12. The maximum atomic E-state index is 14.5. The number of halogens is 1. The molecular weight excluding hydrogens is 399 g/mol. The molecular formula is C22H23FN6O2. The van der Waals surface area contributed by atoms with Crippen LogP contribution in [-0.2, 0) is 0 Å². The normalized spacial score (nSPS) is 16.1. The molecule has 0 saturated carbocycles. The third-order valence-corrected chi connectivity index (χ3v) is 5.40. The highest BCUT2D eigenvalue weighted by atomic mass is 19.1. The van der Waals surface area contributed by atoms with E-state index < -0.39 is 5.82 Å². The number of hydrogen-bond donors (Lipinski definition) is 2. The van der Waals surface area contributed by atoms with E-state index in [1.165, 1.54) is 6.07 Å². The van der Waals surface area contributed by atoms with Gasteiger partial charge in [0.15, 0.2) is 11.5 Å². The van der Waals surface area contributed by atoms with Crippen molar-refractivity contribution in [3.8, 4) is 17.6 Å². The largest absolute Gasteiger partial charge is 0.493 e. The molecule has 160 valence electrons. The Morgan fingerprint density at radius 3 is 2.68 bits per heavy atom. The minimum absolute atomic E-state index is 0.0146. The van der Waals surface area contributed by atoms with Gasteiger partial charge in [-0.15, -0.1) is 0 Å².